The number of nitrogens with zero attached hydrogens (tertiary/aromatic N) is 1. The number of hydrogen-bond donors (Lipinski definition) is 1. The summed E-state index contributed by atoms with van der Waals surface area (Å²) in [4.78, 5) is 13.6. The van der Waals surface area contributed by atoms with Crippen molar-refractivity contribution in [2.75, 3.05) is 25.1 Å². The molecule has 18 heavy (non-hydrogen) atoms. The van der Waals surface area contributed by atoms with Gasteiger partial charge in [-0.15, -0.1) is 0 Å². The Hall–Kier alpha value is -1.62. The SMILES string of the molecule is CCN(CC(=O)OC)c1ccc(C(N)=S)c(C)c1. The highest BCUT2D eigenvalue weighted by Crippen LogP contribution is 2.19. The summed E-state index contributed by atoms with van der Waals surface area (Å²) in [7, 11) is 1.39. The fourth-order valence-electron chi connectivity index (χ4n) is 1.73. The van der Waals surface area contributed by atoms with E-state index in [1.165, 1.54) is 7.11 Å². The van der Waals surface area contributed by atoms with Crippen molar-refractivity contribution in [1.82, 2.24) is 0 Å². The first-order chi connectivity index (χ1) is 8.49. The number of hydrogen-bond acceptors (Lipinski definition) is 4. The van der Waals surface area contributed by atoms with E-state index in [-0.39, 0.29) is 12.5 Å². The quantitative estimate of drug-likeness (QED) is 0.648. The van der Waals surface area contributed by atoms with Crippen molar-refractivity contribution in [3.63, 3.8) is 0 Å². The van der Waals surface area contributed by atoms with E-state index in [9.17, 15) is 4.79 Å². The van der Waals surface area contributed by atoms with Crippen LogP contribution in [0.25, 0.3) is 0 Å². The third-order valence-electron chi connectivity index (χ3n) is 2.77. The normalized spacial score (nSPS) is 9.94. The summed E-state index contributed by atoms with van der Waals surface area (Å²) >= 11 is 4.97. The maximum Gasteiger partial charge on any atom is 0.325 e. The van der Waals surface area contributed by atoms with Crippen molar-refractivity contribution in [3.8, 4) is 0 Å². The number of likely N-dealkylation sites (N-methyl/N-ethyl adjacent to an activating group) is 1. The molecule has 1 aromatic rings. The molecule has 0 fully saturated rings. The second kappa shape index (κ2) is 6.35. The number of esters is 1. The lowest BCUT2D eigenvalue weighted by Gasteiger charge is -2.22. The zero-order valence-corrected chi connectivity index (χ0v) is 11.7. The Kier molecular flexibility index (Phi) is 5.09. The largest absolute Gasteiger partial charge is 0.468 e. The predicted octanol–water partition coefficient (Wildman–Crippen LogP) is 1.63. The number of nitrogens with two attached hydrogens (primary N) is 1. The Morgan fingerprint density at radius 3 is 2.61 bits per heavy atom. The second-order valence-electron chi connectivity index (χ2n) is 3.95. The van der Waals surface area contributed by atoms with E-state index in [0.717, 1.165) is 23.4 Å². The van der Waals surface area contributed by atoms with Gasteiger partial charge in [-0.2, -0.15) is 0 Å². The van der Waals surface area contributed by atoms with Crippen LogP contribution in [0.4, 0.5) is 5.69 Å². The summed E-state index contributed by atoms with van der Waals surface area (Å²) < 4.78 is 4.67. The highest BCUT2D eigenvalue weighted by molar-refractivity contribution is 7.80. The van der Waals surface area contributed by atoms with Gasteiger partial charge in [0.2, 0.25) is 0 Å². The van der Waals surface area contributed by atoms with Gasteiger partial charge < -0.3 is 15.4 Å². The molecular formula is C13H18N2O2S. The molecule has 0 bridgehead atoms. The molecule has 0 saturated heterocycles. The van der Waals surface area contributed by atoms with Crippen LogP contribution in [0.3, 0.4) is 0 Å². The first-order valence-corrected chi connectivity index (χ1v) is 6.12. The molecule has 4 nitrogen and oxygen atoms in total. The lowest BCUT2D eigenvalue weighted by Crippen LogP contribution is -2.30. The number of anilines is 1. The molecular weight excluding hydrogens is 248 g/mol. The lowest BCUT2D eigenvalue weighted by molar-refractivity contribution is -0.138. The number of carbonyl (C=O) groups excluding carboxylic acids is 1. The minimum atomic E-state index is -0.257. The molecule has 0 amide bonds. The number of ether oxygens (including phenoxy) is 1. The zero-order valence-electron chi connectivity index (χ0n) is 10.9. The van der Waals surface area contributed by atoms with Gasteiger partial charge >= 0.3 is 5.97 Å². The number of aryl methyl sites for hydroxylation is 1. The number of methoxy groups -OCH3 is 1. The summed E-state index contributed by atoms with van der Waals surface area (Å²) in [6.07, 6.45) is 0. The van der Waals surface area contributed by atoms with Gasteiger partial charge in [-0.05, 0) is 37.6 Å². The van der Waals surface area contributed by atoms with E-state index in [4.69, 9.17) is 18.0 Å². The standard InChI is InChI=1S/C13H18N2O2S/c1-4-15(8-12(16)17-3)10-5-6-11(13(14)18)9(2)7-10/h5-7H,4,8H2,1-3H3,(H2,14,18). The van der Waals surface area contributed by atoms with Crippen molar-refractivity contribution >= 4 is 28.9 Å². The maximum atomic E-state index is 11.3. The Morgan fingerprint density at radius 1 is 1.50 bits per heavy atom. The maximum absolute atomic E-state index is 11.3. The van der Waals surface area contributed by atoms with E-state index in [1.807, 2.05) is 36.9 Å². The molecule has 0 radical (unpaired) electrons. The van der Waals surface area contributed by atoms with Gasteiger partial charge in [0, 0.05) is 17.8 Å². The Bertz CT molecular complexity index is 460. The van der Waals surface area contributed by atoms with Crippen LogP contribution < -0.4 is 10.6 Å². The van der Waals surface area contributed by atoms with Crippen molar-refractivity contribution in [3.05, 3.63) is 29.3 Å². The minimum absolute atomic E-state index is 0.235. The van der Waals surface area contributed by atoms with Crippen molar-refractivity contribution < 1.29 is 9.53 Å². The van der Waals surface area contributed by atoms with Gasteiger partial charge in [-0.3, -0.25) is 4.79 Å². The van der Waals surface area contributed by atoms with E-state index < -0.39 is 0 Å². The van der Waals surface area contributed by atoms with Gasteiger partial charge in [-0.25, -0.2) is 0 Å². The highest BCUT2D eigenvalue weighted by Gasteiger charge is 2.11. The van der Waals surface area contributed by atoms with Crippen molar-refractivity contribution in [1.29, 1.82) is 0 Å². The van der Waals surface area contributed by atoms with Crippen molar-refractivity contribution in [2.45, 2.75) is 13.8 Å². The number of rotatable bonds is 5. The smallest absolute Gasteiger partial charge is 0.325 e. The average Bonchev–Trinajstić information content (AvgIpc) is 2.34. The Balaban J connectivity index is 2.97. The van der Waals surface area contributed by atoms with E-state index >= 15 is 0 Å². The van der Waals surface area contributed by atoms with Gasteiger partial charge in [-0.1, -0.05) is 12.2 Å². The second-order valence-corrected chi connectivity index (χ2v) is 4.39. The summed E-state index contributed by atoms with van der Waals surface area (Å²) in [5.41, 5.74) is 8.44. The van der Waals surface area contributed by atoms with Gasteiger partial charge in [0.05, 0.1) is 7.11 Å². The molecule has 1 rings (SSSR count). The van der Waals surface area contributed by atoms with Crippen LogP contribution in [0.5, 0.6) is 0 Å². The first kappa shape index (κ1) is 14.4. The summed E-state index contributed by atoms with van der Waals surface area (Å²) in [6, 6.07) is 5.77. The molecule has 2 N–H and O–H groups in total. The monoisotopic (exact) mass is 266 g/mol. The molecule has 0 spiro atoms. The molecule has 0 saturated carbocycles. The topological polar surface area (TPSA) is 55.6 Å². The first-order valence-electron chi connectivity index (χ1n) is 5.71. The van der Waals surface area contributed by atoms with E-state index in [2.05, 4.69) is 4.74 Å². The van der Waals surface area contributed by atoms with Crippen LogP contribution in [0.15, 0.2) is 18.2 Å². The molecule has 98 valence electrons. The highest BCUT2D eigenvalue weighted by atomic mass is 32.1. The molecule has 0 aromatic heterocycles. The predicted molar refractivity (Wildman–Crippen MR) is 77.0 cm³/mol. The molecule has 0 aliphatic rings. The fourth-order valence-corrected chi connectivity index (χ4v) is 1.96. The molecule has 0 atom stereocenters. The summed E-state index contributed by atoms with van der Waals surface area (Å²) in [5, 5.41) is 0. The van der Waals surface area contributed by atoms with Gasteiger partial charge in [0.15, 0.2) is 0 Å². The molecule has 0 aliphatic heterocycles. The fraction of sp³-hybridized carbons (Fsp3) is 0.385. The van der Waals surface area contributed by atoms with Crippen LogP contribution in [-0.4, -0.2) is 31.2 Å². The third-order valence-corrected chi connectivity index (χ3v) is 2.99. The molecule has 0 unspecified atom stereocenters. The van der Waals surface area contributed by atoms with Crippen LogP contribution in [-0.2, 0) is 9.53 Å². The summed E-state index contributed by atoms with van der Waals surface area (Å²) in [5.74, 6) is -0.257. The number of carbonyl (C=O) groups is 1. The number of benzene rings is 1. The Labute approximate surface area is 113 Å². The average molecular weight is 266 g/mol. The molecule has 1 aromatic carbocycles. The Morgan fingerprint density at radius 2 is 2.17 bits per heavy atom. The molecule has 0 heterocycles. The lowest BCUT2D eigenvalue weighted by atomic mass is 10.1. The van der Waals surface area contributed by atoms with Crippen LogP contribution in [0.2, 0.25) is 0 Å². The number of thiocarbonyl (C=S) groups is 1. The van der Waals surface area contributed by atoms with E-state index in [1.54, 1.807) is 0 Å². The summed E-state index contributed by atoms with van der Waals surface area (Å²) in [6.45, 7) is 4.89. The van der Waals surface area contributed by atoms with Gasteiger partial charge in [0.1, 0.15) is 11.5 Å². The van der Waals surface area contributed by atoms with E-state index in [0.29, 0.717) is 4.99 Å². The molecule has 0 aliphatic carbocycles. The van der Waals surface area contributed by atoms with Crippen LogP contribution in [0, 0.1) is 6.92 Å². The van der Waals surface area contributed by atoms with Crippen LogP contribution >= 0.6 is 12.2 Å². The molecule has 5 heteroatoms. The third kappa shape index (κ3) is 3.43. The van der Waals surface area contributed by atoms with Gasteiger partial charge in [0.25, 0.3) is 0 Å². The minimum Gasteiger partial charge on any atom is -0.468 e. The van der Waals surface area contributed by atoms with Crippen LogP contribution in [0.1, 0.15) is 18.1 Å². The van der Waals surface area contributed by atoms with Crippen molar-refractivity contribution in [2.24, 2.45) is 5.73 Å². The zero-order chi connectivity index (χ0) is 13.7.